The smallest absolute Gasteiger partial charge is 0.437 e. The van der Waals surface area contributed by atoms with Gasteiger partial charge in [-0.05, 0) is 41.5 Å². The van der Waals surface area contributed by atoms with E-state index in [1.54, 1.807) is 46.5 Å². The van der Waals surface area contributed by atoms with Crippen LogP contribution in [-0.2, 0) is 41.9 Å². The molecule has 1 aromatic rings. The van der Waals surface area contributed by atoms with Crippen LogP contribution < -0.4 is 11.2 Å². The molecule has 37 heavy (non-hydrogen) atoms. The van der Waals surface area contributed by atoms with E-state index < -0.39 is 86.3 Å². The van der Waals surface area contributed by atoms with Crippen LogP contribution >= 0.6 is 7.82 Å². The molecule has 16 heteroatoms. The number of nitrogens with zero attached hydrogens (tertiary/aromatic N) is 1. The van der Waals surface area contributed by atoms with Gasteiger partial charge in [0.25, 0.3) is 5.56 Å². The number of aliphatic hydroxyl groups is 1. The summed E-state index contributed by atoms with van der Waals surface area (Å²) in [7, 11) is -4.55. The summed E-state index contributed by atoms with van der Waals surface area (Å²) in [6, 6.07) is 0. The van der Waals surface area contributed by atoms with Crippen molar-refractivity contribution in [3.63, 3.8) is 0 Å². The van der Waals surface area contributed by atoms with E-state index in [2.05, 4.69) is 0 Å². The number of phosphoric ester groups is 1. The molecule has 210 valence electrons. The van der Waals surface area contributed by atoms with Gasteiger partial charge in [-0.15, -0.1) is 0 Å². The molecule has 0 unspecified atom stereocenters. The molecule has 2 rings (SSSR count). The highest BCUT2D eigenvalue weighted by Gasteiger charge is 2.39. The molecule has 0 aliphatic carbocycles. The molecular weight excluding hydrogens is 522 g/mol. The number of esters is 2. The second-order valence-electron chi connectivity index (χ2n) is 10.2. The van der Waals surface area contributed by atoms with Gasteiger partial charge in [0.05, 0.1) is 29.7 Å². The third-order valence-electron chi connectivity index (χ3n) is 4.86. The average Bonchev–Trinajstić information content (AvgIpc) is 3.13. The topological polar surface area (TPSA) is 182 Å². The van der Waals surface area contributed by atoms with Crippen molar-refractivity contribution in [2.75, 3.05) is 20.2 Å². The van der Waals surface area contributed by atoms with Crippen LogP contribution in [0.1, 0.15) is 54.2 Å². The van der Waals surface area contributed by atoms with E-state index in [1.807, 2.05) is 0 Å². The zero-order valence-corrected chi connectivity index (χ0v) is 22.2. The van der Waals surface area contributed by atoms with Gasteiger partial charge in [0, 0.05) is 6.42 Å². The number of aromatic nitrogens is 2. The number of H-pyrrole nitrogens is 1. The number of ether oxygens (including phenoxy) is 3. The minimum atomic E-state index is -4.55. The number of aliphatic hydroxyl groups excluding tert-OH is 1. The zero-order valence-electron chi connectivity index (χ0n) is 21.3. The van der Waals surface area contributed by atoms with E-state index in [1.165, 1.54) is 0 Å². The van der Waals surface area contributed by atoms with Gasteiger partial charge in [-0.3, -0.25) is 28.5 Å². The Morgan fingerprint density at radius 1 is 1.08 bits per heavy atom. The summed E-state index contributed by atoms with van der Waals surface area (Å²) in [5.41, 5.74) is -3.95. The molecule has 0 bridgehead atoms. The molecule has 0 spiro atoms. The van der Waals surface area contributed by atoms with Gasteiger partial charge >= 0.3 is 25.5 Å². The maximum Gasteiger partial charge on any atom is 0.480 e. The number of phosphoric acid groups is 1. The van der Waals surface area contributed by atoms with E-state index in [4.69, 9.17) is 27.8 Å². The largest absolute Gasteiger partial charge is 0.480 e. The van der Waals surface area contributed by atoms with Gasteiger partial charge < -0.3 is 19.3 Å². The fourth-order valence-corrected chi connectivity index (χ4v) is 3.63. The lowest BCUT2D eigenvalue weighted by atomic mass is 9.98. The molecule has 1 aliphatic rings. The molecule has 1 aromatic heterocycles. The van der Waals surface area contributed by atoms with Crippen LogP contribution in [-0.4, -0.2) is 59.0 Å². The van der Waals surface area contributed by atoms with E-state index in [9.17, 15) is 33.2 Å². The molecule has 0 saturated carbocycles. The minimum absolute atomic E-state index is 0.197. The highest BCUT2D eigenvalue weighted by Crippen LogP contribution is 2.50. The molecule has 0 aromatic carbocycles. The van der Waals surface area contributed by atoms with Gasteiger partial charge in [0.15, 0.2) is 0 Å². The monoisotopic (exact) mass is 554 g/mol. The second-order valence-corrected chi connectivity index (χ2v) is 11.8. The number of rotatable bonds is 10. The van der Waals surface area contributed by atoms with Crippen LogP contribution in [0.5, 0.6) is 0 Å². The number of carbonyl (C=O) groups is 2. The predicted molar refractivity (Wildman–Crippen MR) is 122 cm³/mol. The van der Waals surface area contributed by atoms with Crippen molar-refractivity contribution in [2.45, 2.75) is 66.4 Å². The van der Waals surface area contributed by atoms with Crippen molar-refractivity contribution in [2.24, 2.45) is 10.8 Å². The Labute approximate surface area is 211 Å². The van der Waals surface area contributed by atoms with E-state index >= 15 is 0 Å². The lowest BCUT2D eigenvalue weighted by molar-refractivity contribution is -0.163. The first kappa shape index (κ1) is 30.8. The van der Waals surface area contributed by atoms with Crippen LogP contribution in [0.4, 0.5) is 4.39 Å². The first-order valence-electron chi connectivity index (χ1n) is 11.2. The third-order valence-corrected chi connectivity index (χ3v) is 6.17. The lowest BCUT2D eigenvalue weighted by Gasteiger charge is -2.23. The second kappa shape index (κ2) is 12.0. The normalized spacial score (nSPS) is 20.6. The summed E-state index contributed by atoms with van der Waals surface area (Å²) in [5, 5.41) is 10.3. The van der Waals surface area contributed by atoms with Crippen molar-refractivity contribution >= 4 is 19.8 Å². The average molecular weight is 554 g/mol. The van der Waals surface area contributed by atoms with Crippen LogP contribution in [0.3, 0.4) is 0 Å². The van der Waals surface area contributed by atoms with Crippen molar-refractivity contribution in [1.29, 1.82) is 0 Å². The van der Waals surface area contributed by atoms with Gasteiger partial charge in [-0.25, -0.2) is 18.4 Å². The fourth-order valence-electron chi connectivity index (χ4n) is 2.71. The Balaban J connectivity index is 2.06. The summed E-state index contributed by atoms with van der Waals surface area (Å²) >= 11 is 0. The van der Waals surface area contributed by atoms with Crippen LogP contribution in [0.2, 0.25) is 0 Å². The molecule has 1 aliphatic heterocycles. The van der Waals surface area contributed by atoms with E-state index in [-0.39, 0.29) is 6.42 Å². The summed E-state index contributed by atoms with van der Waals surface area (Å²) in [6.07, 6.45) is -3.20. The number of hydrogen-bond donors (Lipinski definition) is 2. The summed E-state index contributed by atoms with van der Waals surface area (Å²) in [6.45, 7) is 7.24. The molecule has 1 fully saturated rings. The molecule has 2 heterocycles. The fraction of sp³-hybridized carbons (Fsp3) is 0.714. The Morgan fingerprint density at radius 3 is 2.08 bits per heavy atom. The Morgan fingerprint density at radius 2 is 1.59 bits per heavy atom. The molecule has 0 radical (unpaired) electrons. The Kier molecular flexibility index (Phi) is 9.96. The number of carbonyl (C=O) groups excluding carboxylic acids is 2. The van der Waals surface area contributed by atoms with Gasteiger partial charge in [-0.1, -0.05) is 0 Å². The molecule has 2 N–H and O–H groups in total. The maximum absolute atomic E-state index is 13.6. The molecule has 0 amide bonds. The third kappa shape index (κ3) is 8.83. The van der Waals surface area contributed by atoms with Crippen molar-refractivity contribution in [3.05, 3.63) is 32.9 Å². The van der Waals surface area contributed by atoms with Crippen LogP contribution in [0, 0.1) is 16.6 Å². The first-order valence-corrected chi connectivity index (χ1v) is 12.6. The number of aromatic amines is 1. The molecule has 3 atom stereocenters. The minimum Gasteiger partial charge on any atom is -0.437 e. The van der Waals surface area contributed by atoms with Crippen LogP contribution in [0.15, 0.2) is 15.8 Å². The number of nitrogens with one attached hydrogen (secondary N) is 1. The van der Waals surface area contributed by atoms with Gasteiger partial charge in [0.2, 0.25) is 19.4 Å². The number of halogens is 1. The predicted octanol–water partition coefficient (Wildman–Crippen LogP) is 1.58. The highest BCUT2D eigenvalue weighted by atomic mass is 31.2. The molecule has 1 saturated heterocycles. The van der Waals surface area contributed by atoms with E-state index in [0.717, 1.165) is 4.57 Å². The van der Waals surface area contributed by atoms with Crippen molar-refractivity contribution in [3.8, 4) is 0 Å². The SMILES string of the molecule is CC(C)(C)C(=O)OCOP(=O)(OCOC(=O)C(C)(C)C)OC[C@@H]1O[C@H](n2cc(F)c(=O)[nH]c2=O)C[C@H]1O. The maximum atomic E-state index is 13.6. The summed E-state index contributed by atoms with van der Waals surface area (Å²) < 4.78 is 58.0. The molecular formula is C21H32FN2O12P. The first-order chi connectivity index (χ1) is 16.9. The standard InChI is InChI=1S/C21H32FN2O12P/c1-20(2,3)17(27)31-10-34-37(30,35-11-32-18(28)21(4,5)6)33-9-14-13(25)7-15(36-14)24-8-12(22)16(26)23-19(24)29/h8,13-15,25H,7,9-11H2,1-6H3,(H,23,26,29)/t13-,14+,15+/m1/s1. The van der Waals surface area contributed by atoms with Crippen LogP contribution in [0.25, 0.3) is 0 Å². The van der Waals surface area contributed by atoms with Gasteiger partial charge in [-0.2, -0.15) is 4.39 Å². The summed E-state index contributed by atoms with van der Waals surface area (Å²) in [4.78, 5) is 48.9. The van der Waals surface area contributed by atoms with Crippen molar-refractivity contribution < 1.29 is 51.4 Å². The Bertz CT molecular complexity index is 1100. The summed E-state index contributed by atoms with van der Waals surface area (Å²) in [5.74, 6) is -2.58. The highest BCUT2D eigenvalue weighted by molar-refractivity contribution is 7.48. The van der Waals surface area contributed by atoms with Gasteiger partial charge in [0.1, 0.15) is 12.3 Å². The molecule has 14 nitrogen and oxygen atoms in total. The Hall–Kier alpha value is -2.42. The van der Waals surface area contributed by atoms with Crippen molar-refractivity contribution in [1.82, 2.24) is 9.55 Å². The quantitative estimate of drug-likeness (QED) is 0.242. The zero-order chi connectivity index (χ0) is 28.2. The number of hydrogen-bond acceptors (Lipinski definition) is 12. The van der Waals surface area contributed by atoms with E-state index in [0.29, 0.717) is 6.20 Å². The lowest BCUT2D eigenvalue weighted by Crippen LogP contribution is -2.34.